The van der Waals surface area contributed by atoms with Crippen LogP contribution in [0.15, 0.2) is 39.9 Å². The third-order valence-corrected chi connectivity index (χ3v) is 6.15. The van der Waals surface area contributed by atoms with Crippen LogP contribution < -0.4 is 4.74 Å². The molecule has 5 atom stereocenters. The van der Waals surface area contributed by atoms with E-state index < -0.39 is 12.1 Å². The quantitative estimate of drug-likeness (QED) is 0.282. The minimum absolute atomic E-state index is 0.136. The van der Waals surface area contributed by atoms with E-state index in [1.807, 2.05) is 12.2 Å². The number of ether oxygens (including phenoxy) is 2. The van der Waals surface area contributed by atoms with Crippen LogP contribution in [0.3, 0.4) is 0 Å². The molecule has 152 valence electrons. The second-order valence-electron chi connectivity index (χ2n) is 7.43. The lowest BCUT2D eigenvalue weighted by Crippen LogP contribution is -2.28. The zero-order chi connectivity index (χ0) is 20.7. The van der Waals surface area contributed by atoms with Gasteiger partial charge in [-0.15, -0.1) is 0 Å². The molecule has 2 fully saturated rings. The van der Waals surface area contributed by atoms with Crippen molar-refractivity contribution in [3.8, 4) is 5.75 Å². The van der Waals surface area contributed by atoms with Gasteiger partial charge in [0.05, 0.1) is 24.7 Å². The zero-order valence-corrected chi connectivity index (χ0v) is 17.7. The van der Waals surface area contributed by atoms with Crippen LogP contribution in [0.1, 0.15) is 25.8 Å². The van der Waals surface area contributed by atoms with Gasteiger partial charge in [0.25, 0.3) is 11.8 Å². The van der Waals surface area contributed by atoms with Gasteiger partial charge in [-0.05, 0) is 50.3 Å². The van der Waals surface area contributed by atoms with E-state index in [0.717, 1.165) is 15.9 Å². The van der Waals surface area contributed by atoms with Crippen molar-refractivity contribution in [2.24, 2.45) is 28.8 Å². The molecule has 1 aliphatic heterocycles. The summed E-state index contributed by atoms with van der Waals surface area (Å²) in [5.41, 5.74) is 0.536. The highest BCUT2D eigenvalue weighted by Gasteiger charge is 2.59. The number of imide groups is 1. The highest BCUT2D eigenvalue weighted by atomic mass is 79.9. The lowest BCUT2D eigenvalue weighted by molar-refractivity contribution is -0.150. The molecule has 5 unspecified atom stereocenters. The molecular formula is C21H21BrN2O5. The molecule has 1 heterocycles. The van der Waals surface area contributed by atoms with Gasteiger partial charge in [-0.2, -0.15) is 10.1 Å². The van der Waals surface area contributed by atoms with Crippen molar-refractivity contribution in [1.29, 1.82) is 0 Å². The van der Waals surface area contributed by atoms with E-state index in [0.29, 0.717) is 11.3 Å². The molecule has 0 N–H and O–H groups in total. The monoisotopic (exact) mass is 460 g/mol. The summed E-state index contributed by atoms with van der Waals surface area (Å²) in [5, 5.41) is 5.18. The summed E-state index contributed by atoms with van der Waals surface area (Å²) >= 11 is 3.39. The highest BCUT2D eigenvalue weighted by Crippen LogP contribution is 2.52. The molecule has 0 aromatic heterocycles. The maximum Gasteiger partial charge on any atom is 0.347 e. The molecule has 0 spiro atoms. The van der Waals surface area contributed by atoms with Crippen LogP contribution in [0.5, 0.6) is 5.75 Å². The Kier molecular flexibility index (Phi) is 5.29. The first-order chi connectivity index (χ1) is 13.9. The Labute approximate surface area is 176 Å². The Morgan fingerprint density at radius 3 is 2.55 bits per heavy atom. The van der Waals surface area contributed by atoms with Crippen LogP contribution in [0.4, 0.5) is 0 Å². The predicted molar refractivity (Wildman–Crippen MR) is 108 cm³/mol. The largest absolute Gasteiger partial charge is 0.478 e. The SMILES string of the molecule is CCOC(=O)C(C)Oc1ccc(Br)cc1C=NN1C(=O)C2C3C=CC(C3)C2C1=O. The number of halogens is 1. The van der Waals surface area contributed by atoms with E-state index in [-0.39, 0.29) is 42.1 Å². The van der Waals surface area contributed by atoms with Gasteiger partial charge >= 0.3 is 5.97 Å². The molecule has 2 amide bonds. The number of carbonyl (C=O) groups excluding carboxylic acids is 3. The standard InChI is InChI=1S/C21H21BrN2O5/c1-3-28-21(27)11(2)29-16-7-6-15(22)9-14(16)10-23-24-19(25)17-12-4-5-13(8-12)18(17)20(24)26/h4-7,9-13,17-18H,3,8H2,1-2H3. The van der Waals surface area contributed by atoms with Crippen LogP contribution in [0, 0.1) is 23.7 Å². The second kappa shape index (κ2) is 7.74. The fourth-order valence-electron chi connectivity index (χ4n) is 4.35. The molecule has 2 aliphatic carbocycles. The number of allylic oxidation sites excluding steroid dienone is 2. The third-order valence-electron chi connectivity index (χ3n) is 5.65. The van der Waals surface area contributed by atoms with Crippen molar-refractivity contribution >= 4 is 39.9 Å². The van der Waals surface area contributed by atoms with Crippen LogP contribution in [0.2, 0.25) is 0 Å². The Hall–Kier alpha value is -2.48. The van der Waals surface area contributed by atoms with Crippen molar-refractivity contribution in [2.45, 2.75) is 26.4 Å². The number of hydrogen-bond donors (Lipinski definition) is 0. The maximum atomic E-state index is 12.8. The predicted octanol–water partition coefficient (Wildman–Crippen LogP) is 2.92. The number of amides is 2. The molecule has 2 bridgehead atoms. The number of carbonyl (C=O) groups is 3. The number of fused-ring (bicyclic) bond motifs is 5. The summed E-state index contributed by atoms with van der Waals surface area (Å²) < 4.78 is 11.5. The summed E-state index contributed by atoms with van der Waals surface area (Å²) in [4.78, 5) is 37.4. The van der Waals surface area contributed by atoms with Gasteiger partial charge in [-0.25, -0.2) is 4.79 Å². The van der Waals surface area contributed by atoms with Gasteiger partial charge in [0.1, 0.15) is 5.75 Å². The molecule has 1 saturated carbocycles. The fraction of sp³-hybridized carbons (Fsp3) is 0.429. The zero-order valence-electron chi connectivity index (χ0n) is 16.1. The fourth-order valence-corrected chi connectivity index (χ4v) is 4.72. The number of hydrazone groups is 1. The van der Waals surface area contributed by atoms with Crippen LogP contribution in [0.25, 0.3) is 0 Å². The van der Waals surface area contributed by atoms with Crippen molar-refractivity contribution in [1.82, 2.24) is 5.01 Å². The summed E-state index contributed by atoms with van der Waals surface area (Å²) in [6.45, 7) is 3.58. The van der Waals surface area contributed by atoms with Crippen molar-refractivity contribution < 1.29 is 23.9 Å². The smallest absolute Gasteiger partial charge is 0.347 e. The molecule has 0 radical (unpaired) electrons. The van der Waals surface area contributed by atoms with Crippen molar-refractivity contribution in [3.63, 3.8) is 0 Å². The van der Waals surface area contributed by atoms with E-state index >= 15 is 0 Å². The van der Waals surface area contributed by atoms with Crippen molar-refractivity contribution in [3.05, 3.63) is 40.4 Å². The molecule has 1 saturated heterocycles. The number of benzene rings is 1. The van der Waals surface area contributed by atoms with Crippen LogP contribution >= 0.6 is 15.9 Å². The minimum Gasteiger partial charge on any atom is -0.478 e. The Morgan fingerprint density at radius 2 is 1.93 bits per heavy atom. The van der Waals surface area contributed by atoms with E-state index in [1.54, 1.807) is 32.0 Å². The summed E-state index contributed by atoms with van der Waals surface area (Å²) in [5.74, 6) is -0.879. The van der Waals surface area contributed by atoms with E-state index in [9.17, 15) is 14.4 Å². The average molecular weight is 461 g/mol. The van der Waals surface area contributed by atoms with E-state index in [4.69, 9.17) is 9.47 Å². The molecule has 29 heavy (non-hydrogen) atoms. The topological polar surface area (TPSA) is 85.3 Å². The average Bonchev–Trinajstić information content (AvgIpc) is 3.37. The normalized spacial score (nSPS) is 28.3. The minimum atomic E-state index is -0.806. The van der Waals surface area contributed by atoms with Gasteiger partial charge in [0, 0.05) is 10.0 Å². The molecule has 7 nitrogen and oxygen atoms in total. The van der Waals surface area contributed by atoms with Crippen molar-refractivity contribution in [2.75, 3.05) is 6.61 Å². The van der Waals surface area contributed by atoms with E-state index in [1.165, 1.54) is 6.21 Å². The summed E-state index contributed by atoms with van der Waals surface area (Å²) in [6.07, 6.45) is 5.58. The van der Waals surface area contributed by atoms with Gasteiger partial charge in [-0.1, -0.05) is 28.1 Å². The Morgan fingerprint density at radius 1 is 1.28 bits per heavy atom. The van der Waals surface area contributed by atoms with Crippen LogP contribution in [-0.4, -0.2) is 41.7 Å². The first-order valence-electron chi connectivity index (χ1n) is 9.63. The highest BCUT2D eigenvalue weighted by molar-refractivity contribution is 9.10. The first kappa shape index (κ1) is 19.8. The second-order valence-corrected chi connectivity index (χ2v) is 8.34. The first-order valence-corrected chi connectivity index (χ1v) is 10.4. The molecule has 1 aromatic rings. The summed E-state index contributed by atoms with van der Waals surface area (Å²) in [7, 11) is 0. The number of rotatable bonds is 6. The van der Waals surface area contributed by atoms with Gasteiger partial charge in [0.15, 0.2) is 6.10 Å². The summed E-state index contributed by atoms with van der Waals surface area (Å²) in [6, 6.07) is 5.20. The lowest BCUT2D eigenvalue weighted by atomic mass is 9.85. The van der Waals surface area contributed by atoms with Gasteiger partial charge in [0.2, 0.25) is 0 Å². The molecule has 8 heteroatoms. The van der Waals surface area contributed by atoms with Gasteiger partial charge < -0.3 is 9.47 Å². The number of nitrogens with zero attached hydrogens (tertiary/aromatic N) is 2. The number of hydrogen-bond acceptors (Lipinski definition) is 6. The molecule has 4 rings (SSSR count). The lowest BCUT2D eigenvalue weighted by Gasteiger charge is -2.16. The molecule has 1 aromatic carbocycles. The molecular weight excluding hydrogens is 440 g/mol. The van der Waals surface area contributed by atoms with Gasteiger partial charge in [-0.3, -0.25) is 9.59 Å². The third kappa shape index (κ3) is 3.50. The number of esters is 1. The Bertz CT molecular complexity index is 898. The van der Waals surface area contributed by atoms with E-state index in [2.05, 4.69) is 21.0 Å². The maximum absolute atomic E-state index is 12.8. The molecule has 3 aliphatic rings. The van der Waals surface area contributed by atoms with Crippen LogP contribution in [-0.2, 0) is 19.1 Å². The Balaban J connectivity index is 1.54.